The van der Waals surface area contributed by atoms with E-state index in [4.69, 9.17) is 0 Å². The highest BCUT2D eigenvalue weighted by Gasteiger charge is 2.36. The molecule has 4 N–H and O–H groups in total. The molecule has 0 fully saturated rings. The van der Waals surface area contributed by atoms with Gasteiger partial charge in [0.1, 0.15) is 0 Å². The summed E-state index contributed by atoms with van der Waals surface area (Å²) in [4.78, 5) is 29.9. The van der Waals surface area contributed by atoms with Gasteiger partial charge >= 0.3 is 0 Å². The summed E-state index contributed by atoms with van der Waals surface area (Å²) in [6.45, 7) is 2.48. The molecule has 0 radical (unpaired) electrons. The number of aliphatic hydroxyl groups is 1. The number of H-pyrrole nitrogens is 1. The third-order valence-electron chi connectivity index (χ3n) is 7.19. The SMILES string of the molecule is O=C1NC(=O)c2c1c1c3cccc(CCCO)c3[nH]c1c1c2c2cccc3c2n1CCNC3. The number of benzene rings is 3. The van der Waals surface area contributed by atoms with Crippen molar-refractivity contribution in [1.82, 2.24) is 20.2 Å². The van der Waals surface area contributed by atoms with Gasteiger partial charge in [-0.25, -0.2) is 0 Å². The van der Waals surface area contributed by atoms with Crippen molar-refractivity contribution in [3.05, 3.63) is 58.7 Å². The number of aliphatic hydroxyl groups excluding tert-OH is 1. The zero-order valence-electron chi connectivity index (χ0n) is 17.9. The van der Waals surface area contributed by atoms with Gasteiger partial charge in [-0.1, -0.05) is 36.4 Å². The maximum absolute atomic E-state index is 13.1. The molecular formula is C26H22N4O3. The fourth-order valence-electron chi connectivity index (χ4n) is 5.90. The molecule has 0 saturated heterocycles. The highest BCUT2D eigenvalue weighted by molar-refractivity contribution is 6.39. The van der Waals surface area contributed by atoms with Crippen LogP contribution in [-0.4, -0.2) is 39.6 Å². The Kier molecular flexibility index (Phi) is 3.81. The third-order valence-corrected chi connectivity index (χ3v) is 7.19. The van der Waals surface area contributed by atoms with E-state index in [9.17, 15) is 14.7 Å². The van der Waals surface area contributed by atoms with Gasteiger partial charge in [-0.15, -0.1) is 0 Å². The molecule has 7 nitrogen and oxygen atoms in total. The third kappa shape index (κ3) is 2.35. The second kappa shape index (κ2) is 6.66. The van der Waals surface area contributed by atoms with Crippen LogP contribution in [0.2, 0.25) is 0 Å². The summed E-state index contributed by atoms with van der Waals surface area (Å²) < 4.78 is 2.31. The first-order valence-electron chi connectivity index (χ1n) is 11.4. The predicted octanol–water partition coefficient (Wildman–Crippen LogP) is 3.34. The van der Waals surface area contributed by atoms with Gasteiger partial charge in [-0.2, -0.15) is 0 Å². The number of rotatable bonds is 3. The highest BCUT2D eigenvalue weighted by Crippen LogP contribution is 2.44. The number of hydrogen-bond donors (Lipinski definition) is 4. The fourth-order valence-corrected chi connectivity index (χ4v) is 5.90. The number of aryl methyl sites for hydroxylation is 1. The van der Waals surface area contributed by atoms with Crippen LogP contribution in [0.4, 0.5) is 0 Å². The normalized spacial score (nSPS) is 15.7. The number of amides is 2. The maximum atomic E-state index is 13.1. The average molecular weight is 438 g/mol. The molecule has 4 heterocycles. The van der Waals surface area contributed by atoms with E-state index in [0.717, 1.165) is 75.2 Å². The van der Waals surface area contributed by atoms with Gasteiger partial charge in [-0.05, 0) is 24.0 Å². The van der Waals surface area contributed by atoms with E-state index in [1.807, 2.05) is 18.2 Å². The molecule has 0 saturated carbocycles. The molecule has 0 unspecified atom stereocenters. The van der Waals surface area contributed by atoms with Gasteiger partial charge < -0.3 is 20.0 Å². The molecule has 2 aromatic heterocycles. The quantitative estimate of drug-likeness (QED) is 0.325. The van der Waals surface area contributed by atoms with Crippen molar-refractivity contribution >= 4 is 55.4 Å². The summed E-state index contributed by atoms with van der Waals surface area (Å²) in [7, 11) is 0. The lowest BCUT2D eigenvalue weighted by atomic mass is 9.95. The van der Waals surface area contributed by atoms with Crippen LogP contribution in [0.3, 0.4) is 0 Å². The number of aromatic amines is 1. The minimum absolute atomic E-state index is 0.122. The van der Waals surface area contributed by atoms with Crippen molar-refractivity contribution in [3.63, 3.8) is 0 Å². The van der Waals surface area contributed by atoms with E-state index in [1.165, 1.54) is 5.56 Å². The lowest BCUT2D eigenvalue weighted by Crippen LogP contribution is -2.20. The molecule has 0 bridgehead atoms. The van der Waals surface area contributed by atoms with Crippen LogP contribution in [0.25, 0.3) is 43.6 Å². The number of para-hydroxylation sites is 2. The Balaban J connectivity index is 1.76. The molecule has 2 aliphatic heterocycles. The topological polar surface area (TPSA) is 99.2 Å². The Labute approximate surface area is 188 Å². The summed E-state index contributed by atoms with van der Waals surface area (Å²) in [6, 6.07) is 12.3. The lowest BCUT2D eigenvalue weighted by Gasteiger charge is -2.08. The first kappa shape index (κ1) is 18.8. The molecular weight excluding hydrogens is 416 g/mol. The lowest BCUT2D eigenvalue weighted by molar-refractivity contribution is 0.0880. The Bertz CT molecular complexity index is 1670. The number of nitrogens with zero attached hydrogens (tertiary/aromatic N) is 1. The van der Waals surface area contributed by atoms with Crippen LogP contribution in [-0.2, 0) is 19.5 Å². The number of fused-ring (bicyclic) bond motifs is 10. The van der Waals surface area contributed by atoms with E-state index >= 15 is 0 Å². The van der Waals surface area contributed by atoms with E-state index in [1.54, 1.807) is 0 Å². The molecule has 5 aromatic rings. The van der Waals surface area contributed by atoms with Crippen LogP contribution >= 0.6 is 0 Å². The average Bonchev–Trinajstić information content (AvgIpc) is 3.38. The molecule has 2 amide bonds. The van der Waals surface area contributed by atoms with Gasteiger partial charge in [0.2, 0.25) is 0 Å². The zero-order valence-corrected chi connectivity index (χ0v) is 17.9. The number of aromatic nitrogens is 2. The van der Waals surface area contributed by atoms with Crippen molar-refractivity contribution in [3.8, 4) is 0 Å². The number of hydrogen-bond acceptors (Lipinski definition) is 4. The number of imide groups is 1. The molecule has 0 atom stereocenters. The molecule has 33 heavy (non-hydrogen) atoms. The summed E-state index contributed by atoms with van der Waals surface area (Å²) >= 11 is 0. The monoisotopic (exact) mass is 438 g/mol. The summed E-state index contributed by atoms with van der Waals surface area (Å²) in [5, 5.41) is 19.0. The molecule has 7 rings (SSSR count). The van der Waals surface area contributed by atoms with Gasteiger partial charge in [0.05, 0.1) is 27.7 Å². The fraction of sp³-hybridized carbons (Fsp3) is 0.231. The van der Waals surface area contributed by atoms with Gasteiger partial charge in [0.25, 0.3) is 11.8 Å². The second-order valence-electron chi connectivity index (χ2n) is 8.94. The van der Waals surface area contributed by atoms with Crippen LogP contribution in [0.5, 0.6) is 0 Å². The number of carbonyl (C=O) groups is 2. The summed E-state index contributed by atoms with van der Waals surface area (Å²) in [5.74, 6) is -0.665. The highest BCUT2D eigenvalue weighted by atomic mass is 16.3. The van der Waals surface area contributed by atoms with Crippen LogP contribution in [0.15, 0.2) is 36.4 Å². The molecule has 3 aromatic carbocycles. The van der Waals surface area contributed by atoms with E-state index in [0.29, 0.717) is 17.5 Å². The maximum Gasteiger partial charge on any atom is 0.259 e. The van der Waals surface area contributed by atoms with Crippen molar-refractivity contribution < 1.29 is 14.7 Å². The largest absolute Gasteiger partial charge is 0.396 e. The standard InChI is InChI=1S/C26H22N4O3/c31-11-3-6-13-4-1-7-15-17-19-20(26(33)29-25(19)32)18-16-8-2-5-14-12-27-9-10-30(23(14)16)24(18)22(17)28-21(13)15/h1-2,4-5,7-8,27-28,31H,3,6,9-12H2,(H,29,32,33). The summed E-state index contributed by atoms with van der Waals surface area (Å²) in [6.07, 6.45) is 1.39. The Morgan fingerprint density at radius 3 is 2.55 bits per heavy atom. The Hall–Kier alpha value is -3.68. The first-order chi connectivity index (χ1) is 16.2. The smallest absolute Gasteiger partial charge is 0.259 e. The zero-order chi connectivity index (χ0) is 22.3. The first-order valence-corrected chi connectivity index (χ1v) is 11.4. The number of nitrogens with one attached hydrogen (secondary N) is 3. The van der Waals surface area contributed by atoms with Crippen molar-refractivity contribution in [2.24, 2.45) is 0 Å². The van der Waals surface area contributed by atoms with Crippen molar-refractivity contribution in [2.45, 2.75) is 25.9 Å². The molecule has 0 aliphatic carbocycles. The minimum Gasteiger partial charge on any atom is -0.396 e. The van der Waals surface area contributed by atoms with Crippen LogP contribution in [0.1, 0.15) is 38.3 Å². The van der Waals surface area contributed by atoms with E-state index in [-0.39, 0.29) is 18.4 Å². The van der Waals surface area contributed by atoms with E-state index in [2.05, 4.69) is 38.4 Å². The van der Waals surface area contributed by atoms with Gasteiger partial charge in [-0.3, -0.25) is 14.9 Å². The van der Waals surface area contributed by atoms with E-state index < -0.39 is 0 Å². The van der Waals surface area contributed by atoms with Crippen molar-refractivity contribution in [2.75, 3.05) is 13.2 Å². The van der Waals surface area contributed by atoms with Crippen LogP contribution < -0.4 is 10.6 Å². The minimum atomic E-state index is -0.339. The predicted molar refractivity (Wildman–Crippen MR) is 128 cm³/mol. The van der Waals surface area contributed by atoms with Crippen LogP contribution in [0, 0.1) is 0 Å². The van der Waals surface area contributed by atoms with Gasteiger partial charge in [0, 0.05) is 53.3 Å². The molecule has 7 heteroatoms. The second-order valence-corrected chi connectivity index (χ2v) is 8.94. The summed E-state index contributed by atoms with van der Waals surface area (Å²) in [5.41, 5.74) is 7.19. The Morgan fingerprint density at radius 1 is 0.909 bits per heavy atom. The number of carbonyl (C=O) groups excluding carboxylic acids is 2. The van der Waals surface area contributed by atoms with Gasteiger partial charge in [0.15, 0.2) is 0 Å². The molecule has 164 valence electrons. The van der Waals surface area contributed by atoms with Crippen molar-refractivity contribution in [1.29, 1.82) is 0 Å². The Morgan fingerprint density at radius 2 is 1.70 bits per heavy atom. The molecule has 2 aliphatic rings. The molecule has 0 spiro atoms.